The van der Waals surface area contributed by atoms with Crippen molar-refractivity contribution < 1.29 is 23.8 Å². The van der Waals surface area contributed by atoms with Crippen LogP contribution in [0.25, 0.3) is 0 Å². The maximum Gasteiger partial charge on any atom is 0.273 e. The summed E-state index contributed by atoms with van der Waals surface area (Å²) in [6, 6.07) is 7.44. The molecule has 2 aromatic rings. The summed E-state index contributed by atoms with van der Waals surface area (Å²) >= 11 is 1.35. The summed E-state index contributed by atoms with van der Waals surface area (Å²) in [7, 11) is 3.20. The number of amides is 2. The second-order valence-corrected chi connectivity index (χ2v) is 8.22. The monoisotopic (exact) mass is 462 g/mol. The predicted molar refractivity (Wildman–Crippen MR) is 123 cm³/mol. The van der Waals surface area contributed by atoms with Crippen molar-refractivity contribution in [1.29, 1.82) is 0 Å². The molecule has 1 atom stereocenters. The Morgan fingerprint density at radius 3 is 2.75 bits per heavy atom. The number of benzene rings is 1. The highest BCUT2D eigenvalue weighted by Crippen LogP contribution is 2.23. The molecule has 2 N–H and O–H groups in total. The van der Waals surface area contributed by atoms with Crippen LogP contribution in [0.2, 0.25) is 0 Å². The molecule has 1 aliphatic rings. The maximum absolute atomic E-state index is 13.0. The van der Waals surface area contributed by atoms with Gasteiger partial charge in [-0.05, 0) is 37.1 Å². The Balaban J connectivity index is 1.54. The van der Waals surface area contributed by atoms with E-state index in [0.717, 1.165) is 30.9 Å². The van der Waals surface area contributed by atoms with Gasteiger partial charge in [0.2, 0.25) is 5.91 Å². The fourth-order valence-corrected chi connectivity index (χ4v) is 3.97. The topological polar surface area (TPSA) is 102 Å². The molecule has 1 aromatic carbocycles. The highest BCUT2D eigenvalue weighted by molar-refractivity contribution is 7.14. The van der Waals surface area contributed by atoms with Gasteiger partial charge in [0.15, 0.2) is 5.13 Å². The molecule has 174 valence electrons. The van der Waals surface area contributed by atoms with Crippen LogP contribution in [-0.4, -0.2) is 74.9 Å². The molecule has 2 heterocycles. The van der Waals surface area contributed by atoms with Crippen molar-refractivity contribution in [2.75, 3.05) is 52.4 Å². The minimum atomic E-state index is -0.229. The van der Waals surface area contributed by atoms with Gasteiger partial charge in [-0.15, -0.1) is 11.3 Å². The van der Waals surface area contributed by atoms with Crippen LogP contribution < -0.4 is 15.4 Å². The SMILES string of the molecule is COCCN(CCC(=O)NCC1CCCO1)C(=O)c1csc(Nc2ccc(OC)cc2)n1. The van der Waals surface area contributed by atoms with Crippen LogP contribution in [0.4, 0.5) is 10.8 Å². The van der Waals surface area contributed by atoms with Gasteiger partial charge in [-0.25, -0.2) is 4.98 Å². The summed E-state index contributed by atoms with van der Waals surface area (Å²) in [6.45, 7) is 2.32. The number of methoxy groups -OCH3 is 2. The van der Waals surface area contributed by atoms with Crippen molar-refractivity contribution in [3.8, 4) is 5.75 Å². The quantitative estimate of drug-likeness (QED) is 0.500. The number of aromatic nitrogens is 1. The van der Waals surface area contributed by atoms with Crippen molar-refractivity contribution >= 4 is 34.0 Å². The molecule has 0 spiro atoms. The molecule has 10 heteroatoms. The molecule has 1 aromatic heterocycles. The second kappa shape index (κ2) is 12.4. The summed E-state index contributed by atoms with van der Waals surface area (Å²) < 4.78 is 15.8. The number of anilines is 2. The first-order chi connectivity index (χ1) is 15.6. The fraction of sp³-hybridized carbons (Fsp3) is 0.500. The number of nitrogens with one attached hydrogen (secondary N) is 2. The molecule has 0 aliphatic carbocycles. The fourth-order valence-electron chi connectivity index (χ4n) is 3.26. The van der Waals surface area contributed by atoms with Crippen LogP contribution in [0.3, 0.4) is 0 Å². The van der Waals surface area contributed by atoms with E-state index in [1.54, 1.807) is 24.5 Å². The number of hydrogen-bond acceptors (Lipinski definition) is 8. The molecule has 9 nitrogen and oxygen atoms in total. The van der Waals surface area contributed by atoms with Gasteiger partial charge < -0.3 is 29.7 Å². The zero-order chi connectivity index (χ0) is 22.8. The number of rotatable bonds is 12. The predicted octanol–water partition coefficient (Wildman–Crippen LogP) is 2.67. The van der Waals surface area contributed by atoms with Gasteiger partial charge in [0.25, 0.3) is 5.91 Å². The summed E-state index contributed by atoms with van der Waals surface area (Å²) in [4.78, 5) is 31.2. The Kier molecular flexibility index (Phi) is 9.27. The first kappa shape index (κ1) is 24.0. The van der Waals surface area contributed by atoms with E-state index in [1.165, 1.54) is 11.3 Å². The molecule has 0 saturated carbocycles. The standard InChI is InChI=1S/C22H30N4O5S/c1-29-13-11-26(10-9-20(27)23-14-18-4-3-12-31-18)21(28)19-15-32-22(25-19)24-16-5-7-17(30-2)8-6-16/h5-8,15,18H,3-4,9-14H2,1-2H3,(H,23,27)(H,24,25). The van der Waals surface area contributed by atoms with Crippen molar-refractivity contribution in [1.82, 2.24) is 15.2 Å². The van der Waals surface area contributed by atoms with E-state index in [2.05, 4.69) is 15.6 Å². The Morgan fingerprint density at radius 2 is 2.06 bits per heavy atom. The van der Waals surface area contributed by atoms with Crippen LogP contribution in [-0.2, 0) is 14.3 Å². The molecule has 0 radical (unpaired) electrons. The van der Waals surface area contributed by atoms with Crippen molar-refractivity contribution in [3.63, 3.8) is 0 Å². The van der Waals surface area contributed by atoms with Gasteiger partial charge in [0, 0.05) is 50.8 Å². The zero-order valence-electron chi connectivity index (χ0n) is 18.5. The summed E-state index contributed by atoms with van der Waals surface area (Å²) in [5.41, 5.74) is 1.18. The highest BCUT2D eigenvalue weighted by atomic mass is 32.1. The van der Waals surface area contributed by atoms with Gasteiger partial charge in [-0.1, -0.05) is 0 Å². The average Bonchev–Trinajstić information content (AvgIpc) is 3.50. The number of carbonyl (C=O) groups excluding carboxylic acids is 2. The minimum Gasteiger partial charge on any atom is -0.497 e. The van der Waals surface area contributed by atoms with E-state index >= 15 is 0 Å². The maximum atomic E-state index is 13.0. The van der Waals surface area contributed by atoms with Crippen LogP contribution in [0.5, 0.6) is 5.75 Å². The van der Waals surface area contributed by atoms with E-state index < -0.39 is 0 Å². The lowest BCUT2D eigenvalue weighted by Crippen LogP contribution is -2.38. The van der Waals surface area contributed by atoms with E-state index in [9.17, 15) is 9.59 Å². The third kappa shape index (κ3) is 7.18. The van der Waals surface area contributed by atoms with Crippen molar-refractivity contribution in [2.24, 2.45) is 0 Å². The molecular weight excluding hydrogens is 432 g/mol. The minimum absolute atomic E-state index is 0.0943. The zero-order valence-corrected chi connectivity index (χ0v) is 19.3. The van der Waals surface area contributed by atoms with Gasteiger partial charge in [-0.2, -0.15) is 0 Å². The third-order valence-electron chi connectivity index (χ3n) is 5.08. The van der Waals surface area contributed by atoms with E-state index in [-0.39, 0.29) is 30.9 Å². The molecule has 1 fully saturated rings. The number of ether oxygens (including phenoxy) is 3. The smallest absolute Gasteiger partial charge is 0.273 e. The van der Waals surface area contributed by atoms with Crippen molar-refractivity contribution in [3.05, 3.63) is 35.3 Å². The summed E-state index contributed by atoms with van der Waals surface area (Å²) in [6.07, 6.45) is 2.30. The third-order valence-corrected chi connectivity index (χ3v) is 5.83. The highest BCUT2D eigenvalue weighted by Gasteiger charge is 2.21. The van der Waals surface area contributed by atoms with E-state index in [1.807, 2.05) is 24.3 Å². The van der Waals surface area contributed by atoms with E-state index in [0.29, 0.717) is 30.5 Å². The van der Waals surface area contributed by atoms with Gasteiger partial charge >= 0.3 is 0 Å². The Morgan fingerprint density at radius 1 is 1.25 bits per heavy atom. The van der Waals surface area contributed by atoms with Crippen LogP contribution in [0, 0.1) is 0 Å². The molecule has 1 unspecified atom stereocenters. The molecule has 2 amide bonds. The van der Waals surface area contributed by atoms with Crippen LogP contribution in [0.15, 0.2) is 29.6 Å². The normalized spacial score (nSPS) is 15.4. The van der Waals surface area contributed by atoms with Crippen LogP contribution >= 0.6 is 11.3 Å². The number of hydrogen-bond donors (Lipinski definition) is 2. The van der Waals surface area contributed by atoms with E-state index in [4.69, 9.17) is 14.2 Å². The largest absolute Gasteiger partial charge is 0.497 e. The Labute approximate surface area is 192 Å². The molecule has 0 bridgehead atoms. The lowest BCUT2D eigenvalue weighted by atomic mass is 10.2. The number of nitrogens with zero attached hydrogens (tertiary/aromatic N) is 2. The number of carbonyl (C=O) groups is 2. The first-order valence-electron chi connectivity index (χ1n) is 10.6. The van der Waals surface area contributed by atoms with Crippen molar-refractivity contribution in [2.45, 2.75) is 25.4 Å². The number of thiazole rings is 1. The molecule has 1 aliphatic heterocycles. The average molecular weight is 463 g/mol. The van der Waals surface area contributed by atoms with Gasteiger partial charge in [0.05, 0.1) is 19.8 Å². The molecule has 1 saturated heterocycles. The second-order valence-electron chi connectivity index (χ2n) is 7.37. The summed E-state index contributed by atoms with van der Waals surface area (Å²) in [5, 5.41) is 8.40. The first-order valence-corrected chi connectivity index (χ1v) is 11.5. The molecule has 32 heavy (non-hydrogen) atoms. The molecule has 3 rings (SSSR count). The lowest BCUT2D eigenvalue weighted by molar-refractivity contribution is -0.121. The lowest BCUT2D eigenvalue weighted by Gasteiger charge is -2.21. The van der Waals surface area contributed by atoms with Gasteiger partial charge in [0.1, 0.15) is 11.4 Å². The Bertz CT molecular complexity index is 867. The molecular formula is C22H30N4O5S. The van der Waals surface area contributed by atoms with Gasteiger partial charge in [-0.3, -0.25) is 9.59 Å². The Hall–Kier alpha value is -2.69. The van der Waals surface area contributed by atoms with Crippen LogP contribution in [0.1, 0.15) is 29.8 Å². The summed E-state index contributed by atoms with van der Waals surface area (Å²) in [5.74, 6) is 0.433.